The summed E-state index contributed by atoms with van der Waals surface area (Å²) in [7, 11) is 4.38. The van der Waals surface area contributed by atoms with Crippen molar-refractivity contribution < 1.29 is 0 Å². The molecule has 0 unspecified atom stereocenters. The van der Waals surface area contributed by atoms with E-state index in [1.165, 1.54) is 70.0 Å². The fraction of sp³-hybridized carbons (Fsp3) is 0.429. The zero-order valence-corrected chi connectivity index (χ0v) is 19.8. The van der Waals surface area contributed by atoms with Gasteiger partial charge in [-0.3, -0.25) is 0 Å². The topological polar surface area (TPSA) is 48.0 Å². The van der Waals surface area contributed by atoms with Gasteiger partial charge in [0.2, 0.25) is 0 Å². The van der Waals surface area contributed by atoms with Gasteiger partial charge in [-0.25, -0.2) is 0 Å². The van der Waals surface area contributed by atoms with Crippen molar-refractivity contribution in [3.8, 4) is 0 Å². The minimum absolute atomic E-state index is 0.647. The van der Waals surface area contributed by atoms with Crippen LogP contribution < -0.4 is 15.5 Å². The maximum Gasteiger partial charge on any atom is 0.0501 e. The molecule has 6 rings (SSSR count). The molecule has 0 spiro atoms. The van der Waals surface area contributed by atoms with Gasteiger partial charge in [-0.1, -0.05) is 6.07 Å². The zero-order valence-electron chi connectivity index (χ0n) is 19.8. The summed E-state index contributed by atoms with van der Waals surface area (Å²) >= 11 is 0. The van der Waals surface area contributed by atoms with E-state index in [2.05, 4.69) is 88.0 Å². The van der Waals surface area contributed by atoms with E-state index < -0.39 is 0 Å². The average molecular weight is 442 g/mol. The van der Waals surface area contributed by atoms with Gasteiger partial charge in [0.1, 0.15) is 0 Å². The van der Waals surface area contributed by atoms with Crippen LogP contribution in [0.3, 0.4) is 0 Å². The van der Waals surface area contributed by atoms with Crippen LogP contribution in [-0.4, -0.2) is 42.8 Å². The molecule has 2 aliphatic rings. The molecule has 2 fully saturated rings. The number of aromatic nitrogens is 2. The largest absolute Gasteiger partial charge is 0.361 e. The number of nitrogens with zero attached hydrogens (tertiary/aromatic N) is 2. The Morgan fingerprint density at radius 2 is 1.42 bits per heavy atom. The van der Waals surface area contributed by atoms with Gasteiger partial charge < -0.3 is 25.1 Å². The predicted molar refractivity (Wildman–Crippen MR) is 139 cm³/mol. The SMILES string of the molecule is CN(c1ccc2[nH]cc(C3CCNCC3)c2c1)c1ccc2c(C3CCNCC3)cn(C)c2c1. The Morgan fingerprint density at radius 1 is 0.788 bits per heavy atom. The second-order valence-corrected chi connectivity index (χ2v) is 9.98. The van der Waals surface area contributed by atoms with Crippen LogP contribution >= 0.6 is 0 Å². The predicted octanol–water partition coefficient (Wildman–Crippen LogP) is 5.36. The Kier molecular flexibility index (Phi) is 5.39. The quantitative estimate of drug-likeness (QED) is 0.399. The number of hydrogen-bond donors (Lipinski definition) is 3. The van der Waals surface area contributed by atoms with Crippen molar-refractivity contribution in [3.05, 3.63) is 59.9 Å². The van der Waals surface area contributed by atoms with E-state index in [4.69, 9.17) is 0 Å². The summed E-state index contributed by atoms with van der Waals surface area (Å²) < 4.78 is 2.31. The lowest BCUT2D eigenvalue weighted by Crippen LogP contribution is -2.26. The lowest BCUT2D eigenvalue weighted by atomic mass is 9.90. The molecule has 33 heavy (non-hydrogen) atoms. The summed E-state index contributed by atoms with van der Waals surface area (Å²) in [4.78, 5) is 5.84. The van der Waals surface area contributed by atoms with Gasteiger partial charge in [0.05, 0.1) is 5.52 Å². The number of nitrogens with one attached hydrogen (secondary N) is 3. The van der Waals surface area contributed by atoms with Crippen LogP contribution in [0, 0.1) is 0 Å². The minimum Gasteiger partial charge on any atom is -0.361 e. The van der Waals surface area contributed by atoms with Crippen LogP contribution in [0.1, 0.15) is 48.6 Å². The molecule has 0 amide bonds. The number of benzene rings is 2. The number of H-pyrrole nitrogens is 1. The molecule has 0 bridgehead atoms. The molecule has 4 heterocycles. The van der Waals surface area contributed by atoms with Gasteiger partial charge in [-0.15, -0.1) is 0 Å². The molecular formula is C28H35N5. The maximum atomic E-state index is 3.51. The van der Waals surface area contributed by atoms with Crippen LogP contribution in [-0.2, 0) is 7.05 Å². The van der Waals surface area contributed by atoms with Crippen LogP contribution in [0.25, 0.3) is 21.8 Å². The Hall–Kier alpha value is -2.76. The Balaban J connectivity index is 1.33. The zero-order chi connectivity index (χ0) is 22.4. The summed E-state index contributed by atoms with van der Waals surface area (Å²) in [5.74, 6) is 1.32. The minimum atomic E-state index is 0.647. The fourth-order valence-electron chi connectivity index (χ4n) is 6.03. The first kappa shape index (κ1) is 20.8. The number of anilines is 2. The van der Waals surface area contributed by atoms with Crippen molar-refractivity contribution in [2.45, 2.75) is 37.5 Å². The highest BCUT2D eigenvalue weighted by molar-refractivity contribution is 5.91. The first-order valence-corrected chi connectivity index (χ1v) is 12.5. The van der Waals surface area contributed by atoms with Gasteiger partial charge in [-0.05, 0) is 105 Å². The molecule has 2 aromatic carbocycles. The molecule has 4 aromatic rings. The van der Waals surface area contributed by atoms with Crippen molar-refractivity contribution in [2.24, 2.45) is 7.05 Å². The van der Waals surface area contributed by atoms with Gasteiger partial charge in [-0.2, -0.15) is 0 Å². The van der Waals surface area contributed by atoms with Gasteiger partial charge in [0, 0.05) is 54.2 Å². The molecule has 172 valence electrons. The number of hydrogen-bond acceptors (Lipinski definition) is 3. The second-order valence-electron chi connectivity index (χ2n) is 9.98. The third-order valence-corrected chi connectivity index (χ3v) is 8.03. The van der Waals surface area contributed by atoms with Gasteiger partial charge >= 0.3 is 0 Å². The maximum absolute atomic E-state index is 3.51. The van der Waals surface area contributed by atoms with Crippen LogP contribution in [0.5, 0.6) is 0 Å². The Morgan fingerprint density at radius 3 is 2.15 bits per heavy atom. The van der Waals surface area contributed by atoms with Gasteiger partial charge in [0.25, 0.3) is 0 Å². The van der Waals surface area contributed by atoms with Crippen molar-refractivity contribution in [1.82, 2.24) is 20.2 Å². The lowest BCUT2D eigenvalue weighted by Gasteiger charge is -2.23. The molecule has 3 N–H and O–H groups in total. The highest BCUT2D eigenvalue weighted by atomic mass is 15.1. The first-order valence-electron chi connectivity index (χ1n) is 12.5. The van der Waals surface area contributed by atoms with Crippen molar-refractivity contribution in [2.75, 3.05) is 38.1 Å². The molecule has 0 atom stereocenters. The number of aryl methyl sites for hydroxylation is 1. The average Bonchev–Trinajstić information content (AvgIpc) is 3.45. The third-order valence-electron chi connectivity index (χ3n) is 8.03. The van der Waals surface area contributed by atoms with Crippen LogP contribution in [0.15, 0.2) is 48.8 Å². The summed E-state index contributed by atoms with van der Waals surface area (Å²) in [5, 5.41) is 9.78. The monoisotopic (exact) mass is 441 g/mol. The van der Waals surface area contributed by atoms with E-state index in [9.17, 15) is 0 Å². The summed E-state index contributed by atoms with van der Waals surface area (Å²) in [6, 6.07) is 13.8. The summed E-state index contributed by atoms with van der Waals surface area (Å²) in [5.41, 5.74) is 8.04. The molecule has 5 nitrogen and oxygen atoms in total. The summed E-state index contributed by atoms with van der Waals surface area (Å²) in [6.07, 6.45) is 9.51. The molecule has 0 saturated carbocycles. The highest BCUT2D eigenvalue weighted by Gasteiger charge is 2.21. The number of fused-ring (bicyclic) bond motifs is 2. The second kappa shape index (κ2) is 8.54. The van der Waals surface area contributed by atoms with E-state index in [0.717, 1.165) is 26.2 Å². The van der Waals surface area contributed by atoms with E-state index in [1.54, 1.807) is 0 Å². The van der Waals surface area contributed by atoms with Crippen LogP contribution in [0.2, 0.25) is 0 Å². The molecule has 0 aliphatic carbocycles. The molecule has 0 radical (unpaired) electrons. The number of aromatic amines is 1. The van der Waals surface area contributed by atoms with Crippen molar-refractivity contribution in [3.63, 3.8) is 0 Å². The molecule has 2 aromatic heterocycles. The van der Waals surface area contributed by atoms with E-state index in [1.807, 2.05) is 0 Å². The third kappa shape index (κ3) is 3.73. The first-order chi connectivity index (χ1) is 16.2. The lowest BCUT2D eigenvalue weighted by molar-refractivity contribution is 0.462. The van der Waals surface area contributed by atoms with Crippen molar-refractivity contribution in [1.29, 1.82) is 0 Å². The number of piperidine rings is 2. The molecule has 2 saturated heterocycles. The Bertz CT molecular complexity index is 1270. The van der Waals surface area contributed by atoms with E-state index in [0.29, 0.717) is 11.8 Å². The molecule has 5 heteroatoms. The fourth-order valence-corrected chi connectivity index (χ4v) is 6.03. The van der Waals surface area contributed by atoms with E-state index >= 15 is 0 Å². The Labute approximate surface area is 196 Å². The standard InChI is InChI=1S/C28H35N5/c1-32-18-26(20-9-13-30-14-10-20)23-5-3-22(16-28(23)32)33(2)21-4-6-27-24(15-21)25(17-31-27)19-7-11-29-12-8-19/h3-6,15-20,29-31H,7-14H2,1-2H3. The molecular weight excluding hydrogens is 406 g/mol. The van der Waals surface area contributed by atoms with Crippen LogP contribution in [0.4, 0.5) is 11.4 Å². The molecule has 2 aliphatic heterocycles. The highest BCUT2D eigenvalue weighted by Crippen LogP contribution is 2.37. The van der Waals surface area contributed by atoms with E-state index in [-0.39, 0.29) is 0 Å². The smallest absolute Gasteiger partial charge is 0.0501 e. The summed E-state index contributed by atoms with van der Waals surface area (Å²) in [6.45, 7) is 4.49. The van der Waals surface area contributed by atoms with Gasteiger partial charge in [0.15, 0.2) is 0 Å². The normalized spacial score (nSPS) is 18.4. The number of rotatable bonds is 4. The van der Waals surface area contributed by atoms with Crippen molar-refractivity contribution >= 4 is 33.2 Å².